The van der Waals surface area contributed by atoms with E-state index in [9.17, 15) is 18.8 Å². The molecule has 1 atom stereocenters. The first kappa shape index (κ1) is 17.0. The number of carbonyl (C=O) groups excluding carboxylic acids is 2. The maximum Gasteiger partial charge on any atom is 0.331 e. The van der Waals surface area contributed by atoms with Gasteiger partial charge >= 0.3 is 5.97 Å². The van der Waals surface area contributed by atoms with E-state index in [1.807, 2.05) is 13.8 Å². The maximum absolute atomic E-state index is 13.2. The third kappa shape index (κ3) is 4.78. The van der Waals surface area contributed by atoms with Gasteiger partial charge in [-0.3, -0.25) is 14.9 Å². The maximum atomic E-state index is 13.2. The second-order valence-electron chi connectivity index (χ2n) is 4.48. The van der Waals surface area contributed by atoms with Gasteiger partial charge in [-0.25, -0.2) is 9.18 Å². The van der Waals surface area contributed by atoms with Crippen molar-refractivity contribution < 1.29 is 18.7 Å². The van der Waals surface area contributed by atoms with Crippen molar-refractivity contribution in [2.45, 2.75) is 32.7 Å². The number of aromatic amines is 1. The van der Waals surface area contributed by atoms with Crippen molar-refractivity contribution in [3.05, 3.63) is 34.0 Å². The third-order valence-corrected chi connectivity index (χ3v) is 2.69. The molecule has 21 heavy (non-hydrogen) atoms. The molecule has 0 aliphatic rings. The van der Waals surface area contributed by atoms with Gasteiger partial charge in [-0.2, -0.15) is 0 Å². The van der Waals surface area contributed by atoms with E-state index in [0.29, 0.717) is 19.4 Å². The summed E-state index contributed by atoms with van der Waals surface area (Å²) < 4.78 is 18.2. The molecule has 1 aromatic rings. The van der Waals surface area contributed by atoms with E-state index < -0.39 is 29.2 Å². The van der Waals surface area contributed by atoms with Gasteiger partial charge in [0.15, 0.2) is 17.6 Å². The monoisotopic (exact) mass is 298 g/mol. The highest BCUT2D eigenvalue weighted by atomic mass is 19.1. The highest BCUT2D eigenvalue weighted by Gasteiger charge is 2.28. The number of esters is 1. The van der Waals surface area contributed by atoms with Crippen molar-refractivity contribution in [3.8, 4) is 0 Å². The Kier molecular flexibility index (Phi) is 6.74. The normalized spacial score (nSPS) is 12.0. The highest BCUT2D eigenvalue weighted by molar-refractivity contribution is 6.11. The SMILES string of the molecule is CCCNC(C(=O)OCCC)C(=O)c1c[nH]c(=O)c(F)c1. The molecule has 1 rings (SSSR count). The quantitative estimate of drug-likeness (QED) is 0.425. The predicted molar refractivity (Wildman–Crippen MR) is 74.7 cm³/mol. The van der Waals surface area contributed by atoms with Crippen molar-refractivity contribution in [2.75, 3.05) is 13.2 Å². The van der Waals surface area contributed by atoms with Gasteiger partial charge in [-0.15, -0.1) is 0 Å². The number of ketones is 1. The Morgan fingerprint density at radius 1 is 1.38 bits per heavy atom. The molecule has 0 aromatic carbocycles. The largest absolute Gasteiger partial charge is 0.464 e. The molecule has 0 bridgehead atoms. The zero-order chi connectivity index (χ0) is 15.8. The zero-order valence-electron chi connectivity index (χ0n) is 12.1. The summed E-state index contributed by atoms with van der Waals surface area (Å²) in [5, 5.41) is 2.77. The average Bonchev–Trinajstić information content (AvgIpc) is 2.48. The molecule has 0 saturated carbocycles. The number of ether oxygens (including phenoxy) is 1. The van der Waals surface area contributed by atoms with E-state index in [0.717, 1.165) is 12.3 Å². The summed E-state index contributed by atoms with van der Waals surface area (Å²) in [5.41, 5.74) is -1.01. The van der Waals surface area contributed by atoms with Crippen LogP contribution in [0.2, 0.25) is 0 Å². The Balaban J connectivity index is 2.95. The summed E-state index contributed by atoms with van der Waals surface area (Å²) in [7, 11) is 0. The Hall–Kier alpha value is -2.02. The number of H-pyrrole nitrogens is 1. The second-order valence-corrected chi connectivity index (χ2v) is 4.48. The molecule has 6 nitrogen and oxygen atoms in total. The number of rotatable bonds is 8. The Morgan fingerprint density at radius 2 is 2.10 bits per heavy atom. The number of halogens is 1. The average molecular weight is 298 g/mol. The van der Waals surface area contributed by atoms with Gasteiger partial charge in [0.1, 0.15) is 0 Å². The van der Waals surface area contributed by atoms with Crippen molar-refractivity contribution in [3.63, 3.8) is 0 Å². The van der Waals surface area contributed by atoms with Gasteiger partial charge in [0, 0.05) is 11.8 Å². The van der Waals surface area contributed by atoms with Crippen LogP contribution in [0.15, 0.2) is 17.1 Å². The van der Waals surface area contributed by atoms with E-state index >= 15 is 0 Å². The van der Waals surface area contributed by atoms with E-state index in [2.05, 4.69) is 10.3 Å². The molecular formula is C14H19FN2O4. The Morgan fingerprint density at radius 3 is 2.67 bits per heavy atom. The molecule has 7 heteroatoms. The number of nitrogens with one attached hydrogen (secondary N) is 2. The summed E-state index contributed by atoms with van der Waals surface area (Å²) in [5.74, 6) is -2.42. The van der Waals surface area contributed by atoms with Crippen LogP contribution in [0.5, 0.6) is 0 Å². The fraction of sp³-hybridized carbons (Fsp3) is 0.500. The Labute approximate surface area is 121 Å². The van der Waals surface area contributed by atoms with Crippen LogP contribution in [-0.4, -0.2) is 35.9 Å². The molecule has 0 saturated heterocycles. The van der Waals surface area contributed by atoms with Crippen LogP contribution in [0.4, 0.5) is 4.39 Å². The number of hydrogen-bond donors (Lipinski definition) is 2. The molecule has 0 aliphatic carbocycles. The van der Waals surface area contributed by atoms with Crippen LogP contribution < -0.4 is 10.9 Å². The smallest absolute Gasteiger partial charge is 0.331 e. The number of aromatic nitrogens is 1. The first-order chi connectivity index (χ1) is 10.0. The molecule has 1 unspecified atom stereocenters. The summed E-state index contributed by atoms with van der Waals surface area (Å²) in [6, 6.07) is -0.392. The van der Waals surface area contributed by atoms with E-state index in [-0.39, 0.29) is 12.2 Å². The summed E-state index contributed by atoms with van der Waals surface area (Å²) in [4.78, 5) is 37.2. The third-order valence-electron chi connectivity index (χ3n) is 2.69. The summed E-state index contributed by atoms with van der Waals surface area (Å²) in [6.45, 7) is 4.35. The molecule has 2 N–H and O–H groups in total. The van der Waals surface area contributed by atoms with Gasteiger partial charge in [0.05, 0.1) is 6.61 Å². The minimum absolute atomic E-state index is 0.0887. The predicted octanol–water partition coefficient (Wildman–Crippen LogP) is 1.02. The lowest BCUT2D eigenvalue weighted by Gasteiger charge is -2.16. The molecule has 0 aliphatic heterocycles. The molecular weight excluding hydrogens is 279 g/mol. The lowest BCUT2D eigenvalue weighted by atomic mass is 10.1. The standard InChI is InChI=1S/C14H19FN2O4/c1-3-5-16-11(14(20)21-6-4-2)12(18)9-7-10(15)13(19)17-8-9/h7-8,11,16H,3-6H2,1-2H3,(H,17,19). The number of Topliss-reactive ketones (excluding diaryl/α,β-unsaturated/α-hetero) is 1. The van der Waals surface area contributed by atoms with Crippen LogP contribution in [0.1, 0.15) is 37.0 Å². The van der Waals surface area contributed by atoms with Crippen molar-refractivity contribution in [1.82, 2.24) is 10.3 Å². The Bertz CT molecular complexity index is 556. The molecule has 116 valence electrons. The summed E-state index contributed by atoms with van der Waals surface area (Å²) >= 11 is 0. The zero-order valence-corrected chi connectivity index (χ0v) is 12.1. The first-order valence-corrected chi connectivity index (χ1v) is 6.83. The van der Waals surface area contributed by atoms with Crippen molar-refractivity contribution in [1.29, 1.82) is 0 Å². The minimum atomic E-state index is -1.21. The van der Waals surface area contributed by atoms with Gasteiger partial charge < -0.3 is 9.72 Å². The second kappa shape index (κ2) is 8.31. The van der Waals surface area contributed by atoms with Gasteiger partial charge in [0.2, 0.25) is 0 Å². The van der Waals surface area contributed by atoms with Gasteiger partial charge in [0.25, 0.3) is 5.56 Å². The number of pyridine rings is 1. The number of hydrogen-bond acceptors (Lipinski definition) is 5. The lowest BCUT2D eigenvalue weighted by molar-refractivity contribution is -0.144. The number of carbonyl (C=O) groups is 2. The molecule has 0 fully saturated rings. The van der Waals surface area contributed by atoms with E-state index in [1.165, 1.54) is 0 Å². The molecule has 1 heterocycles. The topological polar surface area (TPSA) is 88.3 Å². The highest BCUT2D eigenvalue weighted by Crippen LogP contribution is 2.05. The molecule has 1 aromatic heterocycles. The summed E-state index contributed by atoms with van der Waals surface area (Å²) in [6.07, 6.45) is 2.43. The molecule has 0 spiro atoms. The van der Waals surface area contributed by atoms with Gasteiger partial charge in [-0.05, 0) is 25.5 Å². The first-order valence-electron chi connectivity index (χ1n) is 6.83. The van der Waals surface area contributed by atoms with Crippen LogP contribution in [0.25, 0.3) is 0 Å². The van der Waals surface area contributed by atoms with Gasteiger partial charge in [-0.1, -0.05) is 13.8 Å². The van der Waals surface area contributed by atoms with Crippen LogP contribution in [0.3, 0.4) is 0 Å². The van der Waals surface area contributed by atoms with E-state index in [4.69, 9.17) is 4.74 Å². The van der Waals surface area contributed by atoms with E-state index in [1.54, 1.807) is 0 Å². The minimum Gasteiger partial charge on any atom is -0.464 e. The van der Waals surface area contributed by atoms with Crippen molar-refractivity contribution >= 4 is 11.8 Å². The lowest BCUT2D eigenvalue weighted by Crippen LogP contribution is -2.45. The fourth-order valence-electron chi connectivity index (χ4n) is 1.62. The molecule has 0 radical (unpaired) electrons. The van der Waals surface area contributed by atoms with Crippen LogP contribution in [0, 0.1) is 5.82 Å². The van der Waals surface area contributed by atoms with Crippen LogP contribution >= 0.6 is 0 Å². The van der Waals surface area contributed by atoms with Crippen molar-refractivity contribution in [2.24, 2.45) is 0 Å². The fourth-order valence-corrected chi connectivity index (χ4v) is 1.62. The van der Waals surface area contributed by atoms with Crippen LogP contribution in [-0.2, 0) is 9.53 Å². The molecule has 0 amide bonds.